The highest BCUT2D eigenvalue weighted by atomic mass is 32.2. The van der Waals surface area contributed by atoms with Crippen LogP contribution < -0.4 is 5.32 Å². The second kappa shape index (κ2) is 10.5. The highest BCUT2D eigenvalue weighted by Gasteiger charge is 2.28. The number of rotatable bonds is 6. The van der Waals surface area contributed by atoms with Gasteiger partial charge in [-0.3, -0.25) is 0 Å². The largest absolute Gasteiger partial charge is 0.444 e. The van der Waals surface area contributed by atoms with Gasteiger partial charge in [0.15, 0.2) is 0 Å². The molecule has 168 valence electrons. The first-order chi connectivity index (χ1) is 14.7. The Bertz CT molecular complexity index is 853. The Morgan fingerprint density at radius 1 is 1.19 bits per heavy atom. The third-order valence-corrected chi connectivity index (χ3v) is 6.29. The molecule has 6 heteroatoms. The molecular formula is C25H34N2O3S. The number of aliphatic hydroxyl groups is 1. The van der Waals surface area contributed by atoms with Crippen molar-refractivity contribution in [1.82, 2.24) is 9.62 Å². The second-order valence-electron chi connectivity index (χ2n) is 9.37. The molecule has 2 aromatic rings. The van der Waals surface area contributed by atoms with Gasteiger partial charge in [0, 0.05) is 18.0 Å². The number of alkyl carbamates (subject to hydrolysis) is 1. The molecule has 0 aliphatic carbocycles. The fraction of sp³-hybridized carbons (Fsp3) is 0.480. The summed E-state index contributed by atoms with van der Waals surface area (Å²) in [4.78, 5) is 13.7. The summed E-state index contributed by atoms with van der Waals surface area (Å²) in [6, 6.07) is 17.9. The monoisotopic (exact) mass is 442 g/mol. The molecule has 5 nitrogen and oxygen atoms in total. The number of ether oxygens (including phenoxy) is 1. The number of hydrogen-bond acceptors (Lipinski definition) is 5. The fourth-order valence-electron chi connectivity index (χ4n) is 3.78. The van der Waals surface area contributed by atoms with Crippen molar-refractivity contribution in [3.63, 3.8) is 0 Å². The average Bonchev–Trinajstić information content (AvgIpc) is 2.84. The Morgan fingerprint density at radius 2 is 1.87 bits per heavy atom. The van der Waals surface area contributed by atoms with Crippen LogP contribution in [-0.4, -0.2) is 46.3 Å². The van der Waals surface area contributed by atoms with Crippen molar-refractivity contribution < 1.29 is 14.6 Å². The first kappa shape index (κ1) is 23.6. The first-order valence-electron chi connectivity index (χ1n) is 10.9. The lowest BCUT2D eigenvalue weighted by Crippen LogP contribution is -2.50. The topological polar surface area (TPSA) is 61.8 Å². The van der Waals surface area contributed by atoms with E-state index in [9.17, 15) is 9.90 Å². The average molecular weight is 443 g/mol. The van der Waals surface area contributed by atoms with E-state index in [1.165, 1.54) is 10.5 Å². The van der Waals surface area contributed by atoms with Crippen LogP contribution in [0.3, 0.4) is 0 Å². The van der Waals surface area contributed by atoms with Crippen molar-refractivity contribution in [2.45, 2.75) is 63.2 Å². The van der Waals surface area contributed by atoms with E-state index in [2.05, 4.69) is 40.8 Å². The Labute approximate surface area is 190 Å². The number of benzene rings is 2. The molecule has 1 aliphatic rings. The van der Waals surface area contributed by atoms with Crippen LogP contribution in [0.1, 0.15) is 38.8 Å². The van der Waals surface area contributed by atoms with Crippen molar-refractivity contribution in [3.8, 4) is 0 Å². The minimum atomic E-state index is -0.738. The van der Waals surface area contributed by atoms with Gasteiger partial charge in [0.05, 0.1) is 12.1 Å². The molecule has 1 unspecified atom stereocenters. The lowest BCUT2D eigenvalue weighted by molar-refractivity contribution is 0.0402. The first-order valence-corrected chi connectivity index (χ1v) is 11.7. The SMILES string of the molecule is CC1Cc2ccccc2SN(C[C@@H](O)[C@H](Cc2ccccc2)NC(=O)OC(C)(C)C)C1. The minimum Gasteiger partial charge on any atom is -0.444 e. The van der Waals surface area contributed by atoms with Gasteiger partial charge in [-0.1, -0.05) is 55.5 Å². The molecule has 0 saturated heterocycles. The summed E-state index contributed by atoms with van der Waals surface area (Å²) in [6.07, 6.45) is 0.318. The van der Waals surface area contributed by atoms with E-state index in [1.807, 2.05) is 51.1 Å². The Balaban J connectivity index is 1.72. The van der Waals surface area contributed by atoms with Crippen LogP contribution in [0.2, 0.25) is 0 Å². The smallest absolute Gasteiger partial charge is 0.407 e. The van der Waals surface area contributed by atoms with Crippen molar-refractivity contribution in [2.24, 2.45) is 5.92 Å². The summed E-state index contributed by atoms with van der Waals surface area (Å²) in [5, 5.41) is 14.1. The maximum atomic E-state index is 12.5. The summed E-state index contributed by atoms with van der Waals surface area (Å²) in [7, 11) is 0. The zero-order chi connectivity index (χ0) is 22.4. The molecule has 2 aromatic carbocycles. The molecule has 0 saturated carbocycles. The van der Waals surface area contributed by atoms with Crippen molar-refractivity contribution in [2.75, 3.05) is 13.1 Å². The van der Waals surface area contributed by atoms with Gasteiger partial charge >= 0.3 is 6.09 Å². The standard InChI is InChI=1S/C25H34N2O3S/c1-18-14-20-12-8-9-13-23(20)31-27(16-18)17-22(28)21(15-19-10-6-5-7-11-19)26-24(29)30-25(2,3)4/h5-13,18,21-22,28H,14-17H2,1-4H3,(H,26,29)/t18?,21-,22+/m0/s1. The molecule has 3 rings (SSSR count). The fourth-order valence-corrected chi connectivity index (χ4v) is 5.03. The van der Waals surface area contributed by atoms with Crippen LogP contribution in [0.4, 0.5) is 4.79 Å². The van der Waals surface area contributed by atoms with Crippen LogP contribution in [-0.2, 0) is 17.6 Å². The van der Waals surface area contributed by atoms with Crippen molar-refractivity contribution >= 4 is 18.0 Å². The highest BCUT2D eigenvalue weighted by Crippen LogP contribution is 2.32. The molecule has 3 atom stereocenters. The van der Waals surface area contributed by atoms with Gasteiger partial charge in [0.2, 0.25) is 0 Å². The Kier molecular flexibility index (Phi) is 8.03. The van der Waals surface area contributed by atoms with Gasteiger partial charge in [-0.15, -0.1) is 0 Å². The van der Waals surface area contributed by atoms with Gasteiger partial charge in [0.25, 0.3) is 0 Å². The lowest BCUT2D eigenvalue weighted by atomic mass is 10.00. The maximum Gasteiger partial charge on any atom is 0.407 e. The van der Waals surface area contributed by atoms with E-state index in [4.69, 9.17) is 4.74 Å². The zero-order valence-electron chi connectivity index (χ0n) is 18.9. The second-order valence-corrected chi connectivity index (χ2v) is 10.5. The molecule has 0 aromatic heterocycles. The third-order valence-electron chi connectivity index (χ3n) is 5.14. The van der Waals surface area contributed by atoms with Crippen molar-refractivity contribution in [3.05, 3.63) is 65.7 Å². The van der Waals surface area contributed by atoms with E-state index in [-0.39, 0.29) is 0 Å². The predicted molar refractivity (Wildman–Crippen MR) is 126 cm³/mol. The zero-order valence-corrected chi connectivity index (χ0v) is 19.7. The minimum absolute atomic E-state index is 0.452. The summed E-state index contributed by atoms with van der Waals surface area (Å²) in [5.74, 6) is 0.481. The highest BCUT2D eigenvalue weighted by molar-refractivity contribution is 7.97. The Morgan fingerprint density at radius 3 is 2.58 bits per heavy atom. The quantitative estimate of drug-likeness (QED) is 0.636. The summed E-state index contributed by atoms with van der Waals surface area (Å²) < 4.78 is 7.67. The van der Waals surface area contributed by atoms with Gasteiger partial charge < -0.3 is 15.2 Å². The third kappa shape index (κ3) is 7.56. The molecule has 1 amide bonds. The molecule has 0 spiro atoms. The molecular weight excluding hydrogens is 408 g/mol. The van der Waals surface area contributed by atoms with Crippen molar-refractivity contribution in [1.29, 1.82) is 0 Å². The molecule has 0 radical (unpaired) electrons. The number of carbonyl (C=O) groups is 1. The predicted octanol–water partition coefficient (Wildman–Crippen LogP) is 4.68. The van der Waals surface area contributed by atoms with E-state index in [0.717, 1.165) is 18.5 Å². The van der Waals surface area contributed by atoms with Crippen LogP contribution in [0.5, 0.6) is 0 Å². The molecule has 2 N–H and O–H groups in total. The number of β-amino-alcohol motifs (C(OH)–C–C–N with tert-alkyl or cyclic N) is 1. The van der Waals surface area contributed by atoms with E-state index in [0.29, 0.717) is 18.9 Å². The van der Waals surface area contributed by atoms with Gasteiger partial charge in [-0.2, -0.15) is 0 Å². The number of nitrogens with one attached hydrogen (secondary N) is 1. The number of fused-ring (bicyclic) bond motifs is 1. The van der Waals surface area contributed by atoms with Crippen LogP contribution in [0.25, 0.3) is 0 Å². The maximum absolute atomic E-state index is 12.5. The van der Waals surface area contributed by atoms with Crippen LogP contribution in [0.15, 0.2) is 59.5 Å². The molecule has 1 heterocycles. The summed E-state index contributed by atoms with van der Waals surface area (Å²) >= 11 is 1.69. The number of aliphatic hydroxyl groups excluding tert-OH is 1. The lowest BCUT2D eigenvalue weighted by Gasteiger charge is -2.30. The number of carbonyl (C=O) groups excluding carboxylic acids is 1. The Hall–Kier alpha value is -2.02. The molecule has 31 heavy (non-hydrogen) atoms. The van der Waals surface area contributed by atoms with Crippen LogP contribution in [0, 0.1) is 5.92 Å². The number of nitrogens with zero attached hydrogens (tertiary/aromatic N) is 1. The summed E-state index contributed by atoms with van der Waals surface area (Å²) in [6.45, 7) is 9.08. The molecule has 0 bridgehead atoms. The normalized spacial score (nSPS) is 19.1. The van der Waals surface area contributed by atoms with Gasteiger partial charge in [-0.05, 0) is 68.7 Å². The van der Waals surface area contributed by atoms with E-state index in [1.54, 1.807) is 11.9 Å². The van der Waals surface area contributed by atoms with Crippen LogP contribution >= 0.6 is 11.9 Å². The number of amides is 1. The summed E-state index contributed by atoms with van der Waals surface area (Å²) in [5.41, 5.74) is 1.82. The number of hydrogen-bond donors (Lipinski definition) is 2. The molecule has 1 aliphatic heterocycles. The van der Waals surface area contributed by atoms with E-state index < -0.39 is 23.8 Å². The van der Waals surface area contributed by atoms with Gasteiger partial charge in [0.1, 0.15) is 5.60 Å². The van der Waals surface area contributed by atoms with Gasteiger partial charge in [-0.25, -0.2) is 9.10 Å². The van der Waals surface area contributed by atoms with E-state index >= 15 is 0 Å². The molecule has 0 fully saturated rings.